The molecule has 0 N–H and O–H groups in total. The van der Waals surface area contributed by atoms with E-state index in [2.05, 4.69) is 10.1 Å². The highest BCUT2D eigenvalue weighted by molar-refractivity contribution is 6.33. The summed E-state index contributed by atoms with van der Waals surface area (Å²) in [6, 6.07) is 2.41. The van der Waals surface area contributed by atoms with Crippen LogP contribution in [-0.4, -0.2) is 16.1 Å². The fourth-order valence-electron chi connectivity index (χ4n) is 1.42. The van der Waals surface area contributed by atoms with Crippen LogP contribution in [0.15, 0.2) is 16.7 Å². The van der Waals surface area contributed by atoms with Crippen LogP contribution in [0.2, 0.25) is 5.02 Å². The number of nitrogens with zero attached hydrogens (tertiary/aromatic N) is 2. The number of carbonyl (C=O) groups is 1. The summed E-state index contributed by atoms with van der Waals surface area (Å²) >= 11 is 5.79. The molecule has 1 heterocycles. The maximum absolute atomic E-state index is 13.2. The number of halogens is 2. The predicted octanol–water partition coefficient (Wildman–Crippen LogP) is 2.84. The Morgan fingerprint density at radius 2 is 2.21 bits per heavy atom. The molecular formula is C12H10ClFN2O3. The Hall–Kier alpha value is -1.95. The van der Waals surface area contributed by atoms with Crippen molar-refractivity contribution < 1.29 is 18.4 Å². The Morgan fingerprint density at radius 3 is 2.84 bits per heavy atom. The minimum Gasteiger partial charge on any atom is -0.452 e. The largest absolute Gasteiger partial charge is 0.452 e. The number of esters is 1. The zero-order valence-corrected chi connectivity index (χ0v) is 11.0. The number of rotatable bonds is 3. The van der Waals surface area contributed by atoms with Crippen LogP contribution in [0, 0.1) is 19.7 Å². The Morgan fingerprint density at radius 1 is 1.47 bits per heavy atom. The third-order valence-corrected chi connectivity index (χ3v) is 2.68. The van der Waals surface area contributed by atoms with Gasteiger partial charge in [0.2, 0.25) is 0 Å². The summed E-state index contributed by atoms with van der Waals surface area (Å²) in [5.41, 5.74) is 0.404. The molecule has 0 radical (unpaired) electrons. The molecule has 0 aliphatic rings. The molecule has 5 nitrogen and oxygen atoms in total. The van der Waals surface area contributed by atoms with E-state index in [1.54, 1.807) is 6.92 Å². The minimum atomic E-state index is -0.677. The molecule has 7 heteroatoms. The van der Waals surface area contributed by atoms with Crippen LogP contribution in [0.1, 0.15) is 27.6 Å². The molecule has 0 fully saturated rings. The van der Waals surface area contributed by atoms with Crippen LogP contribution >= 0.6 is 11.6 Å². The fraction of sp³-hybridized carbons (Fsp3) is 0.250. The monoisotopic (exact) mass is 284 g/mol. The quantitative estimate of drug-likeness (QED) is 0.811. The summed E-state index contributed by atoms with van der Waals surface area (Å²) in [5, 5.41) is 3.55. The lowest BCUT2D eigenvalue weighted by Gasteiger charge is -2.06. The maximum atomic E-state index is 13.2. The van der Waals surface area contributed by atoms with Gasteiger partial charge in [0.15, 0.2) is 12.4 Å². The standard InChI is InChI=1S/C12H10ClFN2O3/c1-6-3-8(9(13)4-10(6)14)12(17)18-5-11-15-7(2)16-19-11/h3-4H,5H2,1-2H3. The summed E-state index contributed by atoms with van der Waals surface area (Å²) in [4.78, 5) is 15.7. The number of ether oxygens (including phenoxy) is 1. The zero-order valence-electron chi connectivity index (χ0n) is 10.2. The molecule has 0 aliphatic heterocycles. The van der Waals surface area contributed by atoms with Crippen LogP contribution in [0.25, 0.3) is 0 Å². The van der Waals surface area contributed by atoms with Crippen molar-refractivity contribution >= 4 is 17.6 Å². The SMILES string of the molecule is Cc1noc(COC(=O)c2cc(C)c(F)cc2Cl)n1. The highest BCUT2D eigenvalue weighted by Gasteiger charge is 2.16. The molecule has 1 aromatic heterocycles. The van der Waals surface area contributed by atoms with Gasteiger partial charge in [-0.2, -0.15) is 4.98 Å². The third-order valence-electron chi connectivity index (χ3n) is 2.36. The summed E-state index contributed by atoms with van der Waals surface area (Å²) in [6.45, 7) is 3.02. The van der Waals surface area contributed by atoms with E-state index >= 15 is 0 Å². The van der Waals surface area contributed by atoms with Crippen LogP contribution < -0.4 is 0 Å². The highest BCUT2D eigenvalue weighted by Crippen LogP contribution is 2.21. The first-order valence-corrected chi connectivity index (χ1v) is 5.77. The van der Waals surface area contributed by atoms with Crippen LogP contribution in [0.3, 0.4) is 0 Å². The Balaban J connectivity index is 2.10. The van der Waals surface area contributed by atoms with E-state index in [1.165, 1.54) is 13.0 Å². The van der Waals surface area contributed by atoms with E-state index in [1.807, 2.05) is 0 Å². The van der Waals surface area contributed by atoms with Gasteiger partial charge >= 0.3 is 5.97 Å². The molecule has 100 valence electrons. The minimum absolute atomic E-state index is 0.00481. The van der Waals surface area contributed by atoms with Gasteiger partial charge in [-0.25, -0.2) is 9.18 Å². The third kappa shape index (κ3) is 3.08. The lowest BCUT2D eigenvalue weighted by Crippen LogP contribution is -2.07. The summed E-state index contributed by atoms with van der Waals surface area (Å²) in [7, 11) is 0. The number of hydrogen-bond donors (Lipinski definition) is 0. The van der Waals surface area contributed by atoms with E-state index in [-0.39, 0.29) is 23.1 Å². The van der Waals surface area contributed by atoms with Gasteiger partial charge in [-0.05, 0) is 31.5 Å². The molecule has 0 aliphatic carbocycles. The van der Waals surface area contributed by atoms with E-state index < -0.39 is 11.8 Å². The van der Waals surface area contributed by atoms with Gasteiger partial charge in [0, 0.05) is 0 Å². The molecule has 1 aromatic carbocycles. The second-order valence-corrected chi connectivity index (χ2v) is 4.30. The van der Waals surface area contributed by atoms with Crippen molar-refractivity contribution in [3.8, 4) is 0 Å². The first-order chi connectivity index (χ1) is 8.97. The van der Waals surface area contributed by atoms with Crippen molar-refractivity contribution in [3.63, 3.8) is 0 Å². The molecule has 2 rings (SSSR count). The van der Waals surface area contributed by atoms with Crippen molar-refractivity contribution in [2.75, 3.05) is 0 Å². The second kappa shape index (κ2) is 5.36. The van der Waals surface area contributed by atoms with Crippen molar-refractivity contribution in [3.05, 3.63) is 45.8 Å². The van der Waals surface area contributed by atoms with Gasteiger partial charge in [0.1, 0.15) is 5.82 Å². The Kier molecular flexibility index (Phi) is 3.80. The van der Waals surface area contributed by atoms with Gasteiger partial charge in [0.05, 0.1) is 10.6 Å². The van der Waals surface area contributed by atoms with Crippen LogP contribution in [-0.2, 0) is 11.3 Å². The normalized spacial score (nSPS) is 10.5. The molecule has 0 saturated carbocycles. The maximum Gasteiger partial charge on any atom is 0.340 e. The number of hydrogen-bond acceptors (Lipinski definition) is 5. The topological polar surface area (TPSA) is 65.2 Å². The Labute approximate surface area is 113 Å². The predicted molar refractivity (Wildman–Crippen MR) is 64.3 cm³/mol. The second-order valence-electron chi connectivity index (χ2n) is 3.89. The van der Waals surface area contributed by atoms with Gasteiger partial charge in [-0.15, -0.1) is 0 Å². The van der Waals surface area contributed by atoms with Gasteiger partial charge in [-0.1, -0.05) is 16.8 Å². The molecule has 0 atom stereocenters. The molecule has 19 heavy (non-hydrogen) atoms. The van der Waals surface area contributed by atoms with Crippen LogP contribution in [0.4, 0.5) is 4.39 Å². The van der Waals surface area contributed by atoms with Crippen LogP contribution in [0.5, 0.6) is 0 Å². The fourth-order valence-corrected chi connectivity index (χ4v) is 1.64. The van der Waals surface area contributed by atoms with Gasteiger partial charge in [-0.3, -0.25) is 0 Å². The summed E-state index contributed by atoms with van der Waals surface area (Å²) in [5.74, 6) is -0.527. The van der Waals surface area contributed by atoms with Crippen molar-refractivity contribution in [1.29, 1.82) is 0 Å². The van der Waals surface area contributed by atoms with E-state index in [9.17, 15) is 9.18 Å². The van der Waals surface area contributed by atoms with E-state index in [0.717, 1.165) is 6.07 Å². The number of aromatic nitrogens is 2. The van der Waals surface area contributed by atoms with Crippen molar-refractivity contribution in [2.24, 2.45) is 0 Å². The van der Waals surface area contributed by atoms with Crippen molar-refractivity contribution in [2.45, 2.75) is 20.5 Å². The lowest BCUT2D eigenvalue weighted by atomic mass is 10.1. The highest BCUT2D eigenvalue weighted by atomic mass is 35.5. The smallest absolute Gasteiger partial charge is 0.340 e. The summed E-state index contributed by atoms with van der Waals surface area (Å²) < 4.78 is 23.0. The molecule has 0 unspecified atom stereocenters. The average molecular weight is 285 g/mol. The zero-order chi connectivity index (χ0) is 14.0. The first-order valence-electron chi connectivity index (χ1n) is 5.39. The molecular weight excluding hydrogens is 275 g/mol. The van der Waals surface area contributed by atoms with Gasteiger partial charge in [0.25, 0.3) is 5.89 Å². The molecule has 0 amide bonds. The molecule has 0 bridgehead atoms. The average Bonchev–Trinajstić information content (AvgIpc) is 2.77. The number of carbonyl (C=O) groups excluding carboxylic acids is 1. The van der Waals surface area contributed by atoms with Gasteiger partial charge < -0.3 is 9.26 Å². The summed E-state index contributed by atoms with van der Waals surface area (Å²) in [6.07, 6.45) is 0. The first kappa shape index (κ1) is 13.5. The Bertz CT molecular complexity index is 627. The number of aryl methyl sites for hydroxylation is 2. The van der Waals surface area contributed by atoms with E-state index in [4.69, 9.17) is 20.9 Å². The molecule has 0 spiro atoms. The molecule has 0 saturated heterocycles. The molecule has 2 aromatic rings. The lowest BCUT2D eigenvalue weighted by molar-refractivity contribution is 0.0430. The number of benzene rings is 1. The van der Waals surface area contributed by atoms with E-state index in [0.29, 0.717) is 11.4 Å². The van der Waals surface area contributed by atoms with Crippen molar-refractivity contribution in [1.82, 2.24) is 10.1 Å².